The molecule has 0 saturated carbocycles. The fraction of sp³-hybridized carbons (Fsp3) is 0.125. The predicted molar refractivity (Wildman–Crippen MR) is 89.8 cm³/mol. The molecule has 1 amide bonds. The Morgan fingerprint density at radius 1 is 1.41 bits per heavy atom. The number of thiophene rings is 1. The number of carbonyl (C=O) groups excluding carboxylic acids is 1. The van der Waals surface area contributed by atoms with Crippen molar-refractivity contribution in [1.29, 1.82) is 0 Å². The number of rotatable bonds is 4. The summed E-state index contributed by atoms with van der Waals surface area (Å²) in [5.74, 6) is -0.0969. The molecule has 0 spiro atoms. The topological polar surface area (TPSA) is 46.9 Å². The number of anilines is 1. The second kappa shape index (κ2) is 6.34. The van der Waals surface area contributed by atoms with Gasteiger partial charge in [-0.2, -0.15) is 5.10 Å². The van der Waals surface area contributed by atoms with Gasteiger partial charge >= 0.3 is 0 Å². The molecule has 3 aromatic rings. The van der Waals surface area contributed by atoms with Crippen LogP contribution >= 0.6 is 22.9 Å². The normalized spacial score (nSPS) is 10.6. The molecule has 4 nitrogen and oxygen atoms in total. The summed E-state index contributed by atoms with van der Waals surface area (Å²) in [6.45, 7) is 2.59. The third kappa shape index (κ3) is 3.55. The SMILES string of the molecule is Cc1cccc(NC(=O)c2cc(Cn3cc(Cl)cn3)cs2)c1. The average molecular weight is 332 g/mol. The molecule has 0 aliphatic rings. The maximum Gasteiger partial charge on any atom is 0.265 e. The van der Waals surface area contributed by atoms with E-state index in [9.17, 15) is 4.79 Å². The van der Waals surface area contributed by atoms with Crippen molar-refractivity contribution in [2.24, 2.45) is 0 Å². The van der Waals surface area contributed by atoms with E-state index in [2.05, 4.69) is 10.4 Å². The lowest BCUT2D eigenvalue weighted by Gasteiger charge is -2.04. The molecule has 0 bridgehead atoms. The highest BCUT2D eigenvalue weighted by Gasteiger charge is 2.10. The van der Waals surface area contributed by atoms with Crippen LogP contribution in [0.2, 0.25) is 5.02 Å². The van der Waals surface area contributed by atoms with Gasteiger partial charge in [0.05, 0.1) is 22.6 Å². The number of halogens is 1. The molecule has 0 saturated heterocycles. The van der Waals surface area contributed by atoms with Crippen LogP contribution in [0.3, 0.4) is 0 Å². The first-order valence-corrected chi connectivity index (χ1v) is 7.99. The monoisotopic (exact) mass is 331 g/mol. The Balaban J connectivity index is 1.69. The zero-order valence-electron chi connectivity index (χ0n) is 11.9. The minimum atomic E-state index is -0.0969. The first-order chi connectivity index (χ1) is 10.6. The fourth-order valence-corrected chi connectivity index (χ4v) is 3.06. The lowest BCUT2D eigenvalue weighted by atomic mass is 10.2. The highest BCUT2D eigenvalue weighted by Crippen LogP contribution is 2.19. The minimum Gasteiger partial charge on any atom is -0.321 e. The largest absolute Gasteiger partial charge is 0.321 e. The van der Waals surface area contributed by atoms with Gasteiger partial charge in [0.15, 0.2) is 0 Å². The number of benzene rings is 1. The Hall–Kier alpha value is -2.11. The average Bonchev–Trinajstić information content (AvgIpc) is 3.09. The number of hydrogen-bond donors (Lipinski definition) is 1. The van der Waals surface area contributed by atoms with Crippen LogP contribution in [0.25, 0.3) is 0 Å². The van der Waals surface area contributed by atoms with Crippen molar-refractivity contribution in [3.63, 3.8) is 0 Å². The van der Waals surface area contributed by atoms with E-state index < -0.39 is 0 Å². The minimum absolute atomic E-state index is 0.0969. The maximum absolute atomic E-state index is 12.3. The number of nitrogens with zero attached hydrogens (tertiary/aromatic N) is 2. The molecule has 22 heavy (non-hydrogen) atoms. The summed E-state index contributed by atoms with van der Waals surface area (Å²) in [4.78, 5) is 12.9. The molecule has 0 aliphatic heterocycles. The number of hydrogen-bond acceptors (Lipinski definition) is 3. The Bertz CT molecular complexity index is 809. The van der Waals surface area contributed by atoms with E-state index in [-0.39, 0.29) is 5.91 Å². The Labute approximate surface area is 137 Å². The molecule has 0 radical (unpaired) electrons. The fourth-order valence-electron chi connectivity index (χ4n) is 2.10. The Morgan fingerprint density at radius 2 is 2.27 bits per heavy atom. The molecular formula is C16H14ClN3OS. The highest BCUT2D eigenvalue weighted by molar-refractivity contribution is 7.12. The molecule has 0 aliphatic carbocycles. The van der Waals surface area contributed by atoms with E-state index in [0.717, 1.165) is 16.8 Å². The van der Waals surface area contributed by atoms with Crippen LogP contribution in [-0.4, -0.2) is 15.7 Å². The third-order valence-corrected chi connectivity index (χ3v) is 4.27. The van der Waals surface area contributed by atoms with Crippen molar-refractivity contribution < 1.29 is 4.79 Å². The molecule has 2 aromatic heterocycles. The second-order valence-electron chi connectivity index (χ2n) is 5.00. The zero-order chi connectivity index (χ0) is 15.5. The highest BCUT2D eigenvalue weighted by atomic mass is 35.5. The zero-order valence-corrected chi connectivity index (χ0v) is 13.5. The molecule has 6 heteroatoms. The Morgan fingerprint density at radius 3 is 3.00 bits per heavy atom. The van der Waals surface area contributed by atoms with Crippen LogP contribution in [0, 0.1) is 6.92 Å². The summed E-state index contributed by atoms with van der Waals surface area (Å²) in [6.07, 6.45) is 3.35. The van der Waals surface area contributed by atoms with Gasteiger partial charge in [0.2, 0.25) is 0 Å². The van der Waals surface area contributed by atoms with E-state index >= 15 is 0 Å². The molecule has 0 atom stereocenters. The second-order valence-corrected chi connectivity index (χ2v) is 6.35. The van der Waals surface area contributed by atoms with Crippen molar-refractivity contribution in [2.75, 3.05) is 5.32 Å². The molecular weight excluding hydrogens is 318 g/mol. The summed E-state index contributed by atoms with van der Waals surface area (Å²) in [6, 6.07) is 9.62. The molecule has 2 heterocycles. The van der Waals surface area contributed by atoms with Gasteiger partial charge in [-0.25, -0.2) is 0 Å². The van der Waals surface area contributed by atoms with Crippen LogP contribution in [0.4, 0.5) is 5.69 Å². The van der Waals surface area contributed by atoms with Crippen molar-refractivity contribution in [2.45, 2.75) is 13.5 Å². The van der Waals surface area contributed by atoms with Crippen LogP contribution < -0.4 is 5.32 Å². The first-order valence-electron chi connectivity index (χ1n) is 6.73. The summed E-state index contributed by atoms with van der Waals surface area (Å²) in [5, 5.41) is 9.60. The molecule has 112 valence electrons. The number of aryl methyl sites for hydroxylation is 1. The maximum atomic E-state index is 12.3. The van der Waals surface area contributed by atoms with E-state index in [0.29, 0.717) is 16.4 Å². The van der Waals surface area contributed by atoms with E-state index in [1.165, 1.54) is 11.3 Å². The van der Waals surface area contributed by atoms with Crippen molar-refractivity contribution in [1.82, 2.24) is 9.78 Å². The van der Waals surface area contributed by atoms with Crippen molar-refractivity contribution in [3.8, 4) is 0 Å². The van der Waals surface area contributed by atoms with Gasteiger partial charge in [-0.3, -0.25) is 9.48 Å². The van der Waals surface area contributed by atoms with E-state index in [1.54, 1.807) is 17.1 Å². The number of nitrogens with one attached hydrogen (secondary N) is 1. The van der Waals surface area contributed by atoms with Crippen LogP contribution in [0.1, 0.15) is 20.8 Å². The van der Waals surface area contributed by atoms with Gasteiger partial charge in [-0.15, -0.1) is 11.3 Å². The van der Waals surface area contributed by atoms with E-state index in [1.807, 2.05) is 42.6 Å². The van der Waals surface area contributed by atoms with Gasteiger partial charge in [0.25, 0.3) is 5.91 Å². The molecule has 3 rings (SSSR count). The summed E-state index contributed by atoms with van der Waals surface area (Å²) >= 11 is 7.26. The van der Waals surface area contributed by atoms with Crippen LogP contribution in [-0.2, 0) is 6.54 Å². The van der Waals surface area contributed by atoms with Gasteiger partial charge in [0, 0.05) is 11.9 Å². The van der Waals surface area contributed by atoms with Gasteiger partial charge in [0.1, 0.15) is 0 Å². The predicted octanol–water partition coefficient (Wildman–Crippen LogP) is 4.21. The van der Waals surface area contributed by atoms with E-state index in [4.69, 9.17) is 11.6 Å². The summed E-state index contributed by atoms with van der Waals surface area (Å²) in [7, 11) is 0. The van der Waals surface area contributed by atoms with Crippen molar-refractivity contribution in [3.05, 3.63) is 69.1 Å². The number of carbonyl (C=O) groups is 1. The van der Waals surface area contributed by atoms with Crippen molar-refractivity contribution >= 4 is 34.5 Å². The summed E-state index contributed by atoms with van der Waals surface area (Å²) in [5.41, 5.74) is 2.94. The molecule has 0 fully saturated rings. The third-order valence-electron chi connectivity index (χ3n) is 3.10. The van der Waals surface area contributed by atoms with Gasteiger partial charge < -0.3 is 5.32 Å². The molecule has 1 aromatic carbocycles. The molecule has 1 N–H and O–H groups in total. The van der Waals surface area contributed by atoms with Gasteiger partial charge in [-0.1, -0.05) is 23.7 Å². The number of amides is 1. The smallest absolute Gasteiger partial charge is 0.265 e. The first kappa shape index (κ1) is 14.8. The summed E-state index contributed by atoms with van der Waals surface area (Å²) < 4.78 is 1.74. The lowest BCUT2D eigenvalue weighted by Crippen LogP contribution is -2.10. The van der Waals surface area contributed by atoms with Gasteiger partial charge in [-0.05, 0) is 41.6 Å². The van der Waals surface area contributed by atoms with Crippen LogP contribution in [0.15, 0.2) is 48.1 Å². The quantitative estimate of drug-likeness (QED) is 0.778. The molecule has 0 unspecified atom stereocenters. The number of aromatic nitrogens is 2. The standard InChI is InChI=1S/C16H14ClN3OS/c1-11-3-2-4-14(5-11)19-16(21)15-6-12(10-22-15)8-20-9-13(17)7-18-20/h2-7,9-10H,8H2,1H3,(H,19,21). The Kier molecular flexibility index (Phi) is 4.27. The van der Waals surface area contributed by atoms with Crippen LogP contribution in [0.5, 0.6) is 0 Å². The lowest BCUT2D eigenvalue weighted by molar-refractivity contribution is 0.103.